The number of oxime groups is 1. The molecule has 0 N–H and O–H groups in total. The molecule has 0 bridgehead atoms. The van der Waals surface area contributed by atoms with Gasteiger partial charge in [-0.25, -0.2) is 0 Å². The number of rotatable bonds is 5. The molecule has 1 aliphatic heterocycles. The summed E-state index contributed by atoms with van der Waals surface area (Å²) in [4.78, 5) is 23.0. The van der Waals surface area contributed by atoms with Crippen LogP contribution in [0.4, 0.5) is 5.69 Å². The summed E-state index contributed by atoms with van der Waals surface area (Å²) in [7, 11) is 3.98. The predicted molar refractivity (Wildman–Crippen MR) is 107 cm³/mol. The number of carbonyl (C=O) groups excluding carboxylic acids is 1. The number of nitrogens with zero attached hydrogens (tertiary/aromatic N) is 3. The fraction of sp³-hybridized carbons (Fsp3) is 0.300. The molecule has 1 unspecified atom stereocenters. The van der Waals surface area contributed by atoms with E-state index in [1.807, 2.05) is 61.6 Å². The molecule has 0 saturated heterocycles. The van der Waals surface area contributed by atoms with Crippen LogP contribution in [0, 0.1) is 0 Å². The number of carbonyl (C=O) groups is 1. The van der Waals surface area contributed by atoms with Gasteiger partial charge < -0.3 is 9.74 Å². The predicted octanol–water partition coefficient (Wildman–Crippen LogP) is 3.58. The lowest BCUT2D eigenvalue weighted by Gasteiger charge is -2.30. The van der Waals surface area contributed by atoms with Gasteiger partial charge in [0.05, 0.1) is 6.54 Å². The first-order valence-electron chi connectivity index (χ1n) is 8.45. The largest absolute Gasteiger partial charge is 0.381 e. The van der Waals surface area contributed by atoms with E-state index in [4.69, 9.17) is 4.84 Å². The quantitative estimate of drug-likeness (QED) is 0.756. The standard InChI is InChI=1S/C20H23N3O2S/c1-14-20(24)23(13-15-5-11-18(26-4)12-6-15)19(21-25-14)16-7-9-17(10-8-16)22(2)3/h5-12,14H,13H2,1-4H3. The van der Waals surface area contributed by atoms with Crippen molar-refractivity contribution in [2.75, 3.05) is 25.3 Å². The summed E-state index contributed by atoms with van der Waals surface area (Å²) in [6, 6.07) is 16.2. The van der Waals surface area contributed by atoms with Crippen LogP contribution in [-0.4, -0.2) is 43.1 Å². The molecule has 5 nitrogen and oxygen atoms in total. The fourth-order valence-electron chi connectivity index (χ4n) is 2.73. The summed E-state index contributed by atoms with van der Waals surface area (Å²) in [5, 5.41) is 4.22. The van der Waals surface area contributed by atoms with Crippen LogP contribution < -0.4 is 4.90 Å². The lowest BCUT2D eigenvalue weighted by Crippen LogP contribution is -2.46. The van der Waals surface area contributed by atoms with E-state index in [0.717, 1.165) is 16.8 Å². The maximum Gasteiger partial charge on any atom is 0.272 e. The van der Waals surface area contributed by atoms with E-state index in [1.165, 1.54) is 4.90 Å². The summed E-state index contributed by atoms with van der Waals surface area (Å²) in [6.07, 6.45) is 1.47. The van der Waals surface area contributed by atoms with Crippen LogP contribution in [-0.2, 0) is 16.2 Å². The van der Waals surface area contributed by atoms with Crippen molar-refractivity contribution in [3.05, 3.63) is 59.7 Å². The lowest BCUT2D eigenvalue weighted by molar-refractivity contribution is -0.142. The summed E-state index contributed by atoms with van der Waals surface area (Å²) in [5.74, 6) is 0.466. The topological polar surface area (TPSA) is 45.1 Å². The van der Waals surface area contributed by atoms with Gasteiger partial charge in [0.25, 0.3) is 5.91 Å². The van der Waals surface area contributed by atoms with Crippen molar-refractivity contribution in [1.82, 2.24) is 4.90 Å². The highest BCUT2D eigenvalue weighted by atomic mass is 32.2. The highest BCUT2D eigenvalue weighted by molar-refractivity contribution is 7.98. The number of thioether (sulfide) groups is 1. The van der Waals surface area contributed by atoms with Crippen LogP contribution in [0.5, 0.6) is 0 Å². The van der Waals surface area contributed by atoms with Crippen LogP contribution in [0.2, 0.25) is 0 Å². The normalized spacial score (nSPS) is 16.9. The van der Waals surface area contributed by atoms with Gasteiger partial charge in [0.2, 0.25) is 6.10 Å². The Labute approximate surface area is 158 Å². The molecule has 0 aromatic heterocycles. The Bertz CT molecular complexity index is 801. The van der Waals surface area contributed by atoms with Gasteiger partial charge in [-0.15, -0.1) is 11.8 Å². The molecule has 1 heterocycles. The first-order chi connectivity index (χ1) is 12.5. The van der Waals surface area contributed by atoms with Crippen molar-refractivity contribution in [1.29, 1.82) is 0 Å². The van der Waals surface area contributed by atoms with E-state index in [1.54, 1.807) is 23.6 Å². The van der Waals surface area contributed by atoms with Gasteiger partial charge in [0.15, 0.2) is 5.84 Å². The first-order valence-corrected chi connectivity index (χ1v) is 9.68. The highest BCUT2D eigenvalue weighted by Gasteiger charge is 2.31. The van der Waals surface area contributed by atoms with Crippen LogP contribution in [0.3, 0.4) is 0 Å². The minimum absolute atomic E-state index is 0.0828. The zero-order valence-electron chi connectivity index (χ0n) is 15.5. The average Bonchev–Trinajstić information content (AvgIpc) is 2.66. The number of amides is 1. The maximum absolute atomic E-state index is 12.7. The molecule has 0 spiro atoms. The van der Waals surface area contributed by atoms with Gasteiger partial charge in [-0.05, 0) is 55.1 Å². The van der Waals surface area contributed by atoms with E-state index < -0.39 is 6.10 Å². The van der Waals surface area contributed by atoms with Crippen molar-refractivity contribution in [2.45, 2.75) is 24.5 Å². The Morgan fingerprint density at radius 1 is 1.12 bits per heavy atom. The zero-order chi connectivity index (χ0) is 18.7. The molecule has 136 valence electrons. The lowest BCUT2D eigenvalue weighted by atomic mass is 10.1. The van der Waals surface area contributed by atoms with Gasteiger partial charge >= 0.3 is 0 Å². The van der Waals surface area contributed by atoms with Crippen molar-refractivity contribution < 1.29 is 9.63 Å². The van der Waals surface area contributed by atoms with Crippen LogP contribution in [0.25, 0.3) is 0 Å². The number of hydrogen-bond acceptors (Lipinski definition) is 5. The van der Waals surface area contributed by atoms with Crippen molar-refractivity contribution >= 4 is 29.2 Å². The third kappa shape index (κ3) is 3.85. The Balaban J connectivity index is 1.89. The Morgan fingerprint density at radius 3 is 2.35 bits per heavy atom. The molecule has 0 radical (unpaired) electrons. The number of hydrogen-bond donors (Lipinski definition) is 0. The summed E-state index contributed by atoms with van der Waals surface area (Å²) in [6.45, 7) is 2.19. The van der Waals surface area contributed by atoms with Gasteiger partial charge in [-0.2, -0.15) is 0 Å². The molecule has 1 amide bonds. The molecule has 2 aromatic carbocycles. The van der Waals surface area contributed by atoms with Gasteiger partial charge in [-0.3, -0.25) is 9.69 Å². The van der Waals surface area contributed by atoms with Crippen molar-refractivity contribution in [3.8, 4) is 0 Å². The number of benzene rings is 2. The third-order valence-corrected chi connectivity index (χ3v) is 5.05. The average molecular weight is 369 g/mol. The monoisotopic (exact) mass is 369 g/mol. The molecule has 26 heavy (non-hydrogen) atoms. The molecular formula is C20H23N3O2S. The summed E-state index contributed by atoms with van der Waals surface area (Å²) < 4.78 is 0. The van der Waals surface area contributed by atoms with Crippen LogP contribution in [0.15, 0.2) is 58.6 Å². The van der Waals surface area contributed by atoms with Crippen molar-refractivity contribution in [2.24, 2.45) is 5.16 Å². The zero-order valence-corrected chi connectivity index (χ0v) is 16.3. The second-order valence-corrected chi connectivity index (χ2v) is 7.26. The summed E-state index contributed by atoms with van der Waals surface area (Å²) >= 11 is 1.70. The van der Waals surface area contributed by atoms with E-state index in [0.29, 0.717) is 12.4 Å². The minimum atomic E-state index is -0.578. The van der Waals surface area contributed by atoms with E-state index in [9.17, 15) is 4.79 Å². The Morgan fingerprint density at radius 2 is 1.77 bits per heavy atom. The molecule has 1 aliphatic rings. The second kappa shape index (κ2) is 7.83. The molecule has 3 rings (SSSR count). The molecule has 0 saturated carbocycles. The highest BCUT2D eigenvalue weighted by Crippen LogP contribution is 2.21. The second-order valence-electron chi connectivity index (χ2n) is 6.38. The maximum atomic E-state index is 12.7. The molecule has 0 aliphatic carbocycles. The fourth-order valence-corrected chi connectivity index (χ4v) is 3.14. The molecule has 0 fully saturated rings. The number of anilines is 1. The van der Waals surface area contributed by atoms with Gasteiger partial charge in [-0.1, -0.05) is 17.3 Å². The van der Waals surface area contributed by atoms with E-state index in [-0.39, 0.29) is 5.91 Å². The van der Waals surface area contributed by atoms with Gasteiger partial charge in [0.1, 0.15) is 0 Å². The van der Waals surface area contributed by atoms with E-state index in [2.05, 4.69) is 17.3 Å². The SMILES string of the molecule is CSc1ccc(CN2C(=O)C(C)ON=C2c2ccc(N(C)C)cc2)cc1. The molecule has 2 aromatic rings. The molecule has 1 atom stereocenters. The van der Waals surface area contributed by atoms with E-state index >= 15 is 0 Å². The van der Waals surface area contributed by atoms with Crippen molar-refractivity contribution in [3.63, 3.8) is 0 Å². The smallest absolute Gasteiger partial charge is 0.272 e. The Hall–Kier alpha value is -2.47. The third-order valence-electron chi connectivity index (χ3n) is 4.31. The molecule has 6 heteroatoms. The summed E-state index contributed by atoms with van der Waals surface area (Å²) in [5.41, 5.74) is 3.00. The Kier molecular flexibility index (Phi) is 5.52. The van der Waals surface area contributed by atoms with Gasteiger partial charge in [0, 0.05) is 30.2 Å². The minimum Gasteiger partial charge on any atom is -0.381 e. The first kappa shape index (κ1) is 18.3. The molecular weight excluding hydrogens is 346 g/mol. The van der Waals surface area contributed by atoms with Crippen LogP contribution >= 0.6 is 11.8 Å². The van der Waals surface area contributed by atoms with Crippen LogP contribution in [0.1, 0.15) is 18.1 Å². The number of amidine groups is 1.